The molecule has 0 aliphatic carbocycles. The molecule has 2 amide bonds. The predicted octanol–water partition coefficient (Wildman–Crippen LogP) is 0.346. The number of amides is 2. The Labute approximate surface area is 104 Å². The normalized spacial score (nSPS) is 12.5. The highest BCUT2D eigenvalue weighted by Gasteiger charge is 2.10. The number of primary amides is 1. The summed E-state index contributed by atoms with van der Waals surface area (Å²) in [5.41, 5.74) is 5.11. The first-order valence-corrected chi connectivity index (χ1v) is 6.14. The molecule has 0 unspecified atom stereocenters. The summed E-state index contributed by atoms with van der Waals surface area (Å²) in [4.78, 5) is 24.3. The van der Waals surface area contributed by atoms with Gasteiger partial charge in [0.05, 0.1) is 0 Å². The van der Waals surface area contributed by atoms with Gasteiger partial charge in [0, 0.05) is 18.9 Å². The van der Waals surface area contributed by atoms with Crippen molar-refractivity contribution in [3.8, 4) is 0 Å². The topological polar surface area (TPSA) is 75.4 Å². The molecule has 0 rings (SSSR count). The Morgan fingerprint density at radius 1 is 1.29 bits per heavy atom. The second-order valence-corrected chi connectivity index (χ2v) is 4.70. The molecule has 0 spiro atoms. The highest BCUT2D eigenvalue weighted by atomic mass is 16.2. The summed E-state index contributed by atoms with van der Waals surface area (Å²) < 4.78 is 0. The molecule has 17 heavy (non-hydrogen) atoms. The van der Waals surface area contributed by atoms with E-state index in [4.69, 9.17) is 5.73 Å². The quantitative estimate of drug-likeness (QED) is 0.574. The van der Waals surface area contributed by atoms with Crippen molar-refractivity contribution in [1.82, 2.24) is 10.2 Å². The average Bonchev–Trinajstić information content (AvgIpc) is 2.24. The fourth-order valence-corrected chi connectivity index (χ4v) is 1.36. The molecule has 5 heteroatoms. The van der Waals surface area contributed by atoms with Gasteiger partial charge in [0.15, 0.2) is 0 Å². The molecule has 0 saturated carbocycles. The Balaban J connectivity index is 3.44. The number of carbonyl (C=O) groups excluding carboxylic acids is 2. The highest BCUT2D eigenvalue weighted by molar-refractivity contribution is 5.79. The summed E-state index contributed by atoms with van der Waals surface area (Å²) in [5.74, 6) is -0.568. The molecule has 0 aliphatic rings. The van der Waals surface area contributed by atoms with Crippen molar-refractivity contribution in [1.29, 1.82) is 0 Å². The van der Waals surface area contributed by atoms with Crippen molar-refractivity contribution in [3.63, 3.8) is 0 Å². The first-order chi connectivity index (χ1) is 7.93. The minimum absolute atomic E-state index is 0.00273. The Hall–Kier alpha value is -1.10. The van der Waals surface area contributed by atoms with E-state index < -0.39 is 0 Å². The van der Waals surface area contributed by atoms with E-state index in [-0.39, 0.29) is 17.7 Å². The molecule has 0 aromatic rings. The van der Waals surface area contributed by atoms with E-state index in [0.29, 0.717) is 19.4 Å². The third-order valence-corrected chi connectivity index (χ3v) is 2.64. The van der Waals surface area contributed by atoms with Crippen LogP contribution < -0.4 is 11.1 Å². The van der Waals surface area contributed by atoms with Gasteiger partial charge in [-0.15, -0.1) is 0 Å². The van der Waals surface area contributed by atoms with Crippen LogP contribution in [-0.4, -0.2) is 43.9 Å². The smallest absolute Gasteiger partial charge is 0.220 e. The van der Waals surface area contributed by atoms with Crippen LogP contribution in [0, 0.1) is 5.92 Å². The Bertz CT molecular complexity index is 242. The van der Waals surface area contributed by atoms with Gasteiger partial charge < -0.3 is 16.0 Å². The molecule has 0 aromatic heterocycles. The molecular weight excluding hydrogens is 218 g/mol. The third kappa shape index (κ3) is 9.81. The summed E-state index contributed by atoms with van der Waals surface area (Å²) in [7, 11) is 4.06. The summed E-state index contributed by atoms with van der Waals surface area (Å²) in [6, 6.07) is 0. The number of hydrogen-bond donors (Lipinski definition) is 2. The van der Waals surface area contributed by atoms with Crippen molar-refractivity contribution < 1.29 is 9.59 Å². The fraction of sp³-hybridized carbons (Fsp3) is 0.833. The number of nitrogens with one attached hydrogen (secondary N) is 1. The zero-order valence-electron chi connectivity index (χ0n) is 11.2. The lowest BCUT2D eigenvalue weighted by Gasteiger charge is -2.10. The van der Waals surface area contributed by atoms with E-state index in [1.165, 1.54) is 0 Å². The average molecular weight is 243 g/mol. The maximum absolute atomic E-state index is 11.4. The molecule has 0 saturated heterocycles. The summed E-state index contributed by atoms with van der Waals surface area (Å²) >= 11 is 0. The molecule has 1 atom stereocenters. The van der Waals surface area contributed by atoms with E-state index in [1.807, 2.05) is 14.1 Å². The van der Waals surface area contributed by atoms with Crippen LogP contribution in [0.2, 0.25) is 0 Å². The molecule has 0 bridgehead atoms. The number of nitrogens with zero attached hydrogens (tertiary/aromatic N) is 1. The van der Waals surface area contributed by atoms with Crippen molar-refractivity contribution in [2.75, 3.05) is 27.2 Å². The molecule has 0 aliphatic heterocycles. The van der Waals surface area contributed by atoms with Crippen LogP contribution in [0.3, 0.4) is 0 Å². The van der Waals surface area contributed by atoms with Crippen LogP contribution >= 0.6 is 0 Å². The molecular formula is C12H25N3O2. The zero-order valence-corrected chi connectivity index (χ0v) is 11.2. The lowest BCUT2D eigenvalue weighted by atomic mass is 10.1. The van der Waals surface area contributed by atoms with E-state index >= 15 is 0 Å². The van der Waals surface area contributed by atoms with E-state index in [9.17, 15) is 9.59 Å². The highest BCUT2D eigenvalue weighted by Crippen LogP contribution is 2.03. The number of rotatable bonds is 9. The lowest BCUT2D eigenvalue weighted by molar-refractivity contribution is -0.123. The van der Waals surface area contributed by atoms with E-state index in [1.54, 1.807) is 6.92 Å². The predicted molar refractivity (Wildman–Crippen MR) is 68.4 cm³/mol. The molecule has 3 N–H and O–H groups in total. The number of unbranched alkanes of at least 4 members (excludes halogenated alkanes) is 1. The number of hydrogen-bond acceptors (Lipinski definition) is 3. The molecule has 0 heterocycles. The van der Waals surface area contributed by atoms with E-state index in [0.717, 1.165) is 19.4 Å². The van der Waals surface area contributed by atoms with Gasteiger partial charge >= 0.3 is 0 Å². The lowest BCUT2D eigenvalue weighted by Crippen LogP contribution is -2.27. The van der Waals surface area contributed by atoms with Crippen LogP contribution in [-0.2, 0) is 9.59 Å². The van der Waals surface area contributed by atoms with Gasteiger partial charge in [0.1, 0.15) is 0 Å². The first-order valence-electron chi connectivity index (χ1n) is 6.14. The van der Waals surface area contributed by atoms with Gasteiger partial charge in [-0.2, -0.15) is 0 Å². The van der Waals surface area contributed by atoms with Crippen molar-refractivity contribution in [2.45, 2.75) is 32.6 Å². The van der Waals surface area contributed by atoms with Crippen LogP contribution in [0.25, 0.3) is 0 Å². The maximum atomic E-state index is 11.4. The van der Waals surface area contributed by atoms with Crippen LogP contribution in [0.1, 0.15) is 32.6 Å². The van der Waals surface area contributed by atoms with Crippen LogP contribution in [0.4, 0.5) is 0 Å². The van der Waals surface area contributed by atoms with Gasteiger partial charge in [0.25, 0.3) is 0 Å². The fourth-order valence-electron chi connectivity index (χ4n) is 1.36. The van der Waals surface area contributed by atoms with Gasteiger partial charge in [-0.3, -0.25) is 9.59 Å². The van der Waals surface area contributed by atoms with Gasteiger partial charge in [-0.25, -0.2) is 0 Å². The Morgan fingerprint density at radius 3 is 2.47 bits per heavy atom. The van der Waals surface area contributed by atoms with Crippen LogP contribution in [0.15, 0.2) is 0 Å². The monoisotopic (exact) mass is 243 g/mol. The molecule has 0 aromatic carbocycles. The number of nitrogens with two attached hydrogens (primary N) is 1. The number of carbonyl (C=O) groups is 2. The third-order valence-electron chi connectivity index (χ3n) is 2.64. The summed E-state index contributed by atoms with van der Waals surface area (Å²) in [6.45, 7) is 3.49. The van der Waals surface area contributed by atoms with Crippen molar-refractivity contribution >= 4 is 11.8 Å². The Kier molecular flexibility index (Phi) is 8.40. The van der Waals surface area contributed by atoms with Gasteiger partial charge in [-0.05, 0) is 39.9 Å². The second kappa shape index (κ2) is 8.98. The SMILES string of the molecule is C[C@@H](CCC(=O)NCCCCN(C)C)C(N)=O. The zero-order chi connectivity index (χ0) is 13.3. The van der Waals surface area contributed by atoms with Crippen LogP contribution in [0.5, 0.6) is 0 Å². The Morgan fingerprint density at radius 2 is 1.94 bits per heavy atom. The standard InChI is InChI=1S/C12H25N3O2/c1-10(12(13)17)6-7-11(16)14-8-4-5-9-15(2)3/h10H,4-9H2,1-3H3,(H2,13,17)(H,14,16)/t10-/m0/s1. The molecule has 5 nitrogen and oxygen atoms in total. The minimum Gasteiger partial charge on any atom is -0.369 e. The van der Waals surface area contributed by atoms with Crippen molar-refractivity contribution in [2.24, 2.45) is 11.7 Å². The molecule has 100 valence electrons. The maximum Gasteiger partial charge on any atom is 0.220 e. The largest absolute Gasteiger partial charge is 0.369 e. The van der Waals surface area contributed by atoms with E-state index in [2.05, 4.69) is 10.2 Å². The summed E-state index contributed by atoms with van der Waals surface area (Å²) in [5, 5.41) is 2.84. The van der Waals surface area contributed by atoms with Gasteiger partial charge in [-0.1, -0.05) is 6.92 Å². The minimum atomic E-state index is -0.344. The molecule has 0 fully saturated rings. The first kappa shape index (κ1) is 15.9. The summed E-state index contributed by atoms with van der Waals surface area (Å²) in [6.07, 6.45) is 2.96. The van der Waals surface area contributed by atoms with Gasteiger partial charge in [0.2, 0.25) is 11.8 Å². The second-order valence-electron chi connectivity index (χ2n) is 4.70. The van der Waals surface area contributed by atoms with Crippen molar-refractivity contribution in [3.05, 3.63) is 0 Å². The molecule has 0 radical (unpaired) electrons.